The zero-order valence-corrected chi connectivity index (χ0v) is 16.1. The Morgan fingerprint density at radius 1 is 1.23 bits per heavy atom. The Bertz CT molecular complexity index is 846. The van der Waals surface area contributed by atoms with Crippen LogP contribution in [0.2, 0.25) is 0 Å². The van der Waals surface area contributed by atoms with E-state index in [1.54, 1.807) is 43.2 Å². The predicted molar refractivity (Wildman–Crippen MR) is 102 cm³/mol. The average Bonchev–Trinajstić information content (AvgIpc) is 2.97. The number of nitrogens with zero attached hydrogens (tertiary/aromatic N) is 2. The van der Waals surface area contributed by atoms with E-state index < -0.39 is 0 Å². The van der Waals surface area contributed by atoms with Gasteiger partial charge < -0.3 is 15.0 Å². The van der Waals surface area contributed by atoms with Crippen LogP contribution in [0.3, 0.4) is 0 Å². The van der Waals surface area contributed by atoms with Gasteiger partial charge in [-0.15, -0.1) is 11.3 Å². The fourth-order valence-corrected chi connectivity index (χ4v) is 3.63. The molecule has 7 heteroatoms. The number of hydrogen-bond acceptors (Lipinski definition) is 5. The minimum Gasteiger partial charge on any atom is -0.497 e. The van der Waals surface area contributed by atoms with Crippen LogP contribution in [0.5, 0.6) is 5.75 Å². The lowest BCUT2D eigenvalue weighted by Crippen LogP contribution is -2.30. The summed E-state index contributed by atoms with van der Waals surface area (Å²) < 4.78 is 5.08. The zero-order chi connectivity index (χ0) is 19.3. The summed E-state index contributed by atoms with van der Waals surface area (Å²) >= 11 is 1.14. The number of carbonyl (C=O) groups is 2. The predicted octanol–water partition coefficient (Wildman–Crippen LogP) is 3.67. The standard InChI is InChI=1S/C19H21N3O3S/c1-5-22(6-2)19(24)16-12(3)15(11-20)18(26-16)21-17(23)13-7-9-14(25-4)10-8-13/h7-10H,5-6H2,1-4H3,(H,21,23). The molecule has 0 saturated carbocycles. The van der Waals surface area contributed by atoms with Crippen molar-refractivity contribution in [2.24, 2.45) is 0 Å². The number of nitrogens with one attached hydrogen (secondary N) is 1. The Morgan fingerprint density at radius 2 is 1.85 bits per heavy atom. The molecule has 0 unspecified atom stereocenters. The molecule has 0 aliphatic heterocycles. The van der Waals surface area contributed by atoms with Crippen LogP contribution < -0.4 is 10.1 Å². The molecule has 1 aromatic heterocycles. The van der Waals surface area contributed by atoms with E-state index in [9.17, 15) is 14.9 Å². The molecule has 136 valence electrons. The molecule has 0 spiro atoms. The average molecular weight is 371 g/mol. The summed E-state index contributed by atoms with van der Waals surface area (Å²) in [6, 6.07) is 8.76. The molecule has 0 saturated heterocycles. The van der Waals surface area contributed by atoms with E-state index in [2.05, 4.69) is 11.4 Å². The van der Waals surface area contributed by atoms with Crippen LogP contribution in [-0.4, -0.2) is 36.9 Å². The lowest BCUT2D eigenvalue weighted by atomic mass is 10.1. The Labute approximate surface area is 157 Å². The molecule has 0 radical (unpaired) electrons. The summed E-state index contributed by atoms with van der Waals surface area (Å²) in [5.74, 6) is 0.185. The Balaban J connectivity index is 2.31. The number of ether oxygens (including phenoxy) is 1. The van der Waals surface area contributed by atoms with Crippen molar-refractivity contribution in [2.45, 2.75) is 20.8 Å². The first-order chi connectivity index (χ1) is 12.5. The minimum absolute atomic E-state index is 0.126. The van der Waals surface area contributed by atoms with Crippen molar-refractivity contribution in [1.29, 1.82) is 5.26 Å². The Kier molecular flexibility index (Phi) is 6.36. The first-order valence-electron chi connectivity index (χ1n) is 8.24. The number of methoxy groups -OCH3 is 1. The van der Waals surface area contributed by atoms with E-state index in [-0.39, 0.29) is 11.8 Å². The highest BCUT2D eigenvalue weighted by Crippen LogP contribution is 2.33. The van der Waals surface area contributed by atoms with Crippen LogP contribution in [0.1, 0.15) is 45.0 Å². The number of amides is 2. The number of carbonyl (C=O) groups excluding carboxylic acids is 2. The summed E-state index contributed by atoms with van der Waals surface area (Å²) in [5.41, 5.74) is 1.36. The van der Waals surface area contributed by atoms with Crippen molar-refractivity contribution < 1.29 is 14.3 Å². The monoisotopic (exact) mass is 371 g/mol. The molecule has 1 aromatic carbocycles. The number of nitriles is 1. The quantitative estimate of drug-likeness (QED) is 0.840. The maximum atomic E-state index is 12.6. The molecule has 0 fully saturated rings. The number of rotatable bonds is 6. The summed E-state index contributed by atoms with van der Waals surface area (Å²) in [4.78, 5) is 27.3. The van der Waals surface area contributed by atoms with Gasteiger partial charge in [0, 0.05) is 18.7 Å². The van der Waals surface area contributed by atoms with E-state index in [0.29, 0.717) is 45.4 Å². The lowest BCUT2D eigenvalue weighted by Gasteiger charge is -2.17. The van der Waals surface area contributed by atoms with E-state index in [4.69, 9.17) is 4.74 Å². The molecular weight excluding hydrogens is 350 g/mol. The number of thiophene rings is 1. The highest BCUT2D eigenvalue weighted by molar-refractivity contribution is 7.18. The van der Waals surface area contributed by atoms with Gasteiger partial charge in [0.05, 0.1) is 17.6 Å². The number of anilines is 1. The highest BCUT2D eigenvalue weighted by atomic mass is 32.1. The molecular formula is C19H21N3O3S. The van der Waals surface area contributed by atoms with Gasteiger partial charge in [-0.3, -0.25) is 9.59 Å². The van der Waals surface area contributed by atoms with Gasteiger partial charge in [0.15, 0.2) is 0 Å². The summed E-state index contributed by atoms with van der Waals surface area (Å²) in [7, 11) is 1.55. The van der Waals surface area contributed by atoms with Crippen LogP contribution in [0.4, 0.5) is 5.00 Å². The molecule has 0 bridgehead atoms. The van der Waals surface area contributed by atoms with Gasteiger partial charge in [-0.1, -0.05) is 0 Å². The maximum absolute atomic E-state index is 12.6. The molecule has 2 aromatic rings. The minimum atomic E-state index is -0.341. The first-order valence-corrected chi connectivity index (χ1v) is 9.06. The van der Waals surface area contributed by atoms with Gasteiger partial charge in [-0.05, 0) is 50.6 Å². The van der Waals surface area contributed by atoms with Gasteiger partial charge in [0.1, 0.15) is 16.8 Å². The van der Waals surface area contributed by atoms with E-state index in [1.807, 2.05) is 13.8 Å². The summed E-state index contributed by atoms with van der Waals surface area (Å²) in [6.07, 6.45) is 0. The Morgan fingerprint density at radius 3 is 2.35 bits per heavy atom. The molecule has 6 nitrogen and oxygen atoms in total. The number of benzene rings is 1. The smallest absolute Gasteiger partial charge is 0.264 e. The van der Waals surface area contributed by atoms with Gasteiger partial charge in [-0.2, -0.15) is 5.26 Å². The van der Waals surface area contributed by atoms with Crippen molar-refractivity contribution in [1.82, 2.24) is 4.90 Å². The molecule has 0 atom stereocenters. The zero-order valence-electron chi connectivity index (χ0n) is 15.3. The highest BCUT2D eigenvalue weighted by Gasteiger charge is 2.24. The third-order valence-corrected chi connectivity index (χ3v) is 5.28. The third-order valence-electron chi connectivity index (χ3n) is 4.08. The van der Waals surface area contributed by atoms with Gasteiger partial charge >= 0.3 is 0 Å². The van der Waals surface area contributed by atoms with Crippen LogP contribution in [-0.2, 0) is 0 Å². The molecule has 0 aliphatic carbocycles. The fourth-order valence-electron chi connectivity index (χ4n) is 2.51. The molecule has 0 aliphatic rings. The Hall–Kier alpha value is -2.85. The molecule has 1 heterocycles. The summed E-state index contributed by atoms with van der Waals surface area (Å²) in [6.45, 7) is 6.71. The van der Waals surface area contributed by atoms with Gasteiger partial charge in [-0.25, -0.2) is 0 Å². The van der Waals surface area contributed by atoms with E-state index >= 15 is 0 Å². The van der Waals surface area contributed by atoms with Crippen LogP contribution in [0.15, 0.2) is 24.3 Å². The SMILES string of the molecule is CCN(CC)C(=O)c1sc(NC(=O)c2ccc(OC)cc2)c(C#N)c1C. The fraction of sp³-hybridized carbons (Fsp3) is 0.316. The second-order valence-corrected chi connectivity index (χ2v) is 6.55. The lowest BCUT2D eigenvalue weighted by molar-refractivity contribution is 0.0777. The second-order valence-electron chi connectivity index (χ2n) is 5.53. The van der Waals surface area contributed by atoms with Crippen LogP contribution in [0.25, 0.3) is 0 Å². The summed E-state index contributed by atoms with van der Waals surface area (Å²) in [5, 5.41) is 12.6. The second kappa shape index (κ2) is 8.50. The molecule has 2 rings (SSSR count). The first kappa shape index (κ1) is 19.5. The van der Waals surface area contributed by atoms with Gasteiger partial charge in [0.2, 0.25) is 0 Å². The van der Waals surface area contributed by atoms with Crippen LogP contribution >= 0.6 is 11.3 Å². The molecule has 2 amide bonds. The van der Waals surface area contributed by atoms with Crippen molar-refractivity contribution in [2.75, 3.05) is 25.5 Å². The van der Waals surface area contributed by atoms with Crippen LogP contribution in [0, 0.1) is 18.3 Å². The molecule has 1 N–H and O–H groups in total. The topological polar surface area (TPSA) is 82.4 Å². The largest absolute Gasteiger partial charge is 0.497 e. The maximum Gasteiger partial charge on any atom is 0.264 e. The van der Waals surface area contributed by atoms with E-state index in [1.165, 1.54) is 0 Å². The van der Waals surface area contributed by atoms with Crippen molar-refractivity contribution in [3.63, 3.8) is 0 Å². The molecule has 26 heavy (non-hydrogen) atoms. The normalized spacial score (nSPS) is 10.1. The number of hydrogen-bond donors (Lipinski definition) is 1. The van der Waals surface area contributed by atoms with Crippen molar-refractivity contribution >= 4 is 28.2 Å². The van der Waals surface area contributed by atoms with Crippen molar-refractivity contribution in [3.8, 4) is 11.8 Å². The van der Waals surface area contributed by atoms with Gasteiger partial charge in [0.25, 0.3) is 11.8 Å². The van der Waals surface area contributed by atoms with Crippen molar-refractivity contribution in [3.05, 3.63) is 45.8 Å². The third kappa shape index (κ3) is 3.86. The van der Waals surface area contributed by atoms with E-state index in [0.717, 1.165) is 11.3 Å².